The van der Waals surface area contributed by atoms with Crippen LogP contribution in [0, 0.1) is 0 Å². The van der Waals surface area contributed by atoms with Crippen LogP contribution in [0.15, 0.2) is 45.7 Å². The Hall–Kier alpha value is -2.38. The van der Waals surface area contributed by atoms with Crippen molar-refractivity contribution in [2.24, 2.45) is 0 Å². The van der Waals surface area contributed by atoms with E-state index in [1.807, 2.05) is 31.2 Å². The van der Waals surface area contributed by atoms with Gasteiger partial charge < -0.3 is 9.84 Å². The zero-order valence-electron chi connectivity index (χ0n) is 13.2. The number of phenols is 1. The van der Waals surface area contributed by atoms with Crippen molar-refractivity contribution in [3.63, 3.8) is 0 Å². The van der Waals surface area contributed by atoms with Crippen LogP contribution in [0.1, 0.15) is 12.5 Å². The molecule has 0 amide bonds. The molecule has 0 saturated carbocycles. The van der Waals surface area contributed by atoms with E-state index in [0.717, 1.165) is 16.6 Å². The summed E-state index contributed by atoms with van der Waals surface area (Å²) >= 11 is 4.66. The lowest BCUT2D eigenvalue weighted by Crippen LogP contribution is -2.22. The third-order valence-electron chi connectivity index (χ3n) is 3.79. The fraction of sp³-hybridized carbons (Fsp3) is 0.111. The summed E-state index contributed by atoms with van der Waals surface area (Å²) in [5.74, 6) is 0.427. The quantitative estimate of drug-likeness (QED) is 0.556. The van der Waals surface area contributed by atoms with Crippen LogP contribution in [0.3, 0.4) is 0 Å². The minimum absolute atomic E-state index is 0.0494. The molecule has 0 aliphatic heterocycles. The minimum Gasteiger partial charge on any atom is -0.503 e. The van der Waals surface area contributed by atoms with E-state index in [4.69, 9.17) is 4.74 Å². The number of rotatable bonds is 3. The van der Waals surface area contributed by atoms with Gasteiger partial charge in [-0.1, -0.05) is 23.5 Å². The molecular weight excluding hydrogens is 404 g/mol. The first-order chi connectivity index (χ1) is 12.1. The van der Waals surface area contributed by atoms with Gasteiger partial charge in [0.25, 0.3) is 5.56 Å². The van der Waals surface area contributed by atoms with Crippen molar-refractivity contribution >= 4 is 49.3 Å². The van der Waals surface area contributed by atoms with Crippen LogP contribution in [0.4, 0.5) is 0 Å². The highest BCUT2D eigenvalue weighted by Crippen LogP contribution is 2.35. The van der Waals surface area contributed by atoms with Gasteiger partial charge in [0, 0.05) is 0 Å². The number of fused-ring (bicyclic) bond motifs is 3. The van der Waals surface area contributed by atoms with Gasteiger partial charge in [0.2, 0.25) is 0 Å². The number of nitrogens with zero attached hydrogens (tertiary/aromatic N) is 2. The van der Waals surface area contributed by atoms with E-state index in [-0.39, 0.29) is 11.3 Å². The molecule has 0 saturated heterocycles. The van der Waals surface area contributed by atoms with E-state index >= 15 is 0 Å². The highest BCUT2D eigenvalue weighted by molar-refractivity contribution is 9.10. The van der Waals surface area contributed by atoms with Crippen LogP contribution in [-0.4, -0.2) is 21.1 Å². The normalized spacial score (nSPS) is 12.3. The second-order valence-electron chi connectivity index (χ2n) is 5.42. The summed E-state index contributed by atoms with van der Waals surface area (Å²) in [7, 11) is 0. The summed E-state index contributed by atoms with van der Waals surface area (Å²) in [5, 5.41) is 10.0. The Morgan fingerprint density at radius 3 is 2.96 bits per heavy atom. The van der Waals surface area contributed by atoms with Gasteiger partial charge >= 0.3 is 0 Å². The highest BCUT2D eigenvalue weighted by atomic mass is 79.9. The molecule has 0 unspecified atom stereocenters. The molecule has 1 N–H and O–H groups in total. The van der Waals surface area contributed by atoms with Crippen molar-refractivity contribution in [3.05, 3.63) is 61.3 Å². The third kappa shape index (κ3) is 2.69. The summed E-state index contributed by atoms with van der Waals surface area (Å²) in [5.41, 5.74) is 2.28. The smallest absolute Gasteiger partial charge is 0.274 e. The maximum absolute atomic E-state index is 12.8. The van der Waals surface area contributed by atoms with E-state index in [1.54, 1.807) is 22.6 Å². The van der Waals surface area contributed by atoms with Gasteiger partial charge in [-0.3, -0.25) is 4.79 Å². The Morgan fingerprint density at radius 1 is 1.36 bits per heavy atom. The summed E-state index contributed by atoms with van der Waals surface area (Å²) in [6.07, 6.45) is 1.78. The Labute approximate surface area is 154 Å². The molecule has 0 spiro atoms. The Morgan fingerprint density at radius 2 is 2.16 bits per heavy atom. The zero-order valence-corrected chi connectivity index (χ0v) is 15.6. The van der Waals surface area contributed by atoms with Crippen molar-refractivity contribution in [2.45, 2.75) is 6.92 Å². The van der Waals surface area contributed by atoms with E-state index in [2.05, 4.69) is 20.9 Å². The van der Waals surface area contributed by atoms with Crippen LogP contribution >= 0.6 is 27.3 Å². The van der Waals surface area contributed by atoms with Crippen LogP contribution < -0.4 is 14.8 Å². The average Bonchev–Trinajstić information content (AvgIpc) is 3.09. The number of ether oxygens (including phenoxy) is 1. The molecular formula is C18H13BrN2O3S. The lowest BCUT2D eigenvalue weighted by Gasteiger charge is -2.08. The number of para-hydroxylation sites is 2. The molecule has 0 aliphatic rings. The molecule has 2 aromatic carbocycles. The van der Waals surface area contributed by atoms with Crippen molar-refractivity contribution < 1.29 is 9.84 Å². The first-order valence-corrected chi connectivity index (χ1v) is 9.26. The van der Waals surface area contributed by atoms with E-state index in [9.17, 15) is 9.90 Å². The fourth-order valence-corrected chi connectivity index (χ4v) is 4.15. The van der Waals surface area contributed by atoms with Crippen LogP contribution in [0.5, 0.6) is 11.5 Å². The first-order valence-electron chi connectivity index (χ1n) is 7.65. The number of halogens is 1. The molecule has 0 aliphatic carbocycles. The standard InChI is InChI=1S/C18H13BrN2O3S/c1-2-24-14-8-10(7-11(19)16(14)22)9-15-17(23)21-13-6-4-3-5-12(13)20-18(21)25-15/h3-9,22H,2H2,1H3/b15-9+. The van der Waals surface area contributed by atoms with E-state index in [0.29, 0.717) is 26.3 Å². The Balaban J connectivity index is 1.93. The molecule has 0 fully saturated rings. The summed E-state index contributed by atoms with van der Waals surface area (Å²) in [6.45, 7) is 2.29. The molecule has 0 bridgehead atoms. The molecule has 25 heavy (non-hydrogen) atoms. The molecule has 0 atom stereocenters. The lowest BCUT2D eigenvalue weighted by atomic mass is 10.2. The second kappa shape index (κ2) is 6.16. The van der Waals surface area contributed by atoms with Crippen molar-refractivity contribution in [1.82, 2.24) is 9.38 Å². The molecule has 126 valence electrons. The predicted molar refractivity (Wildman–Crippen MR) is 103 cm³/mol. The highest BCUT2D eigenvalue weighted by Gasteiger charge is 2.12. The van der Waals surface area contributed by atoms with E-state index < -0.39 is 0 Å². The summed E-state index contributed by atoms with van der Waals surface area (Å²) in [6, 6.07) is 11.0. The van der Waals surface area contributed by atoms with Crippen molar-refractivity contribution in [3.8, 4) is 11.5 Å². The Kier molecular flexibility index (Phi) is 3.97. The van der Waals surface area contributed by atoms with Crippen molar-refractivity contribution in [1.29, 1.82) is 0 Å². The Bertz CT molecular complexity index is 1210. The number of hydrogen-bond acceptors (Lipinski definition) is 5. The average molecular weight is 417 g/mol. The van der Waals surface area contributed by atoms with Crippen LogP contribution in [0.2, 0.25) is 0 Å². The second-order valence-corrected chi connectivity index (χ2v) is 7.28. The number of phenolic OH excluding ortho intramolecular Hbond substituents is 1. The van der Waals surface area contributed by atoms with Gasteiger partial charge in [-0.25, -0.2) is 9.38 Å². The van der Waals surface area contributed by atoms with Gasteiger partial charge in [0.1, 0.15) is 0 Å². The number of aromatic hydroxyl groups is 1. The number of aromatic nitrogens is 2. The first kappa shape index (κ1) is 16.1. The maximum Gasteiger partial charge on any atom is 0.274 e. The molecule has 4 rings (SSSR count). The van der Waals surface area contributed by atoms with Gasteiger partial charge in [-0.2, -0.15) is 0 Å². The number of imidazole rings is 1. The van der Waals surface area contributed by atoms with Crippen molar-refractivity contribution in [2.75, 3.05) is 6.61 Å². The van der Waals surface area contributed by atoms with Crippen LogP contribution in [0.25, 0.3) is 22.1 Å². The monoisotopic (exact) mass is 416 g/mol. The van der Waals surface area contributed by atoms with Gasteiger partial charge in [0.05, 0.1) is 26.6 Å². The topological polar surface area (TPSA) is 63.8 Å². The van der Waals surface area contributed by atoms with Gasteiger partial charge in [-0.15, -0.1) is 0 Å². The third-order valence-corrected chi connectivity index (χ3v) is 5.37. The molecule has 2 aromatic heterocycles. The van der Waals surface area contributed by atoms with Gasteiger partial charge in [-0.05, 0) is 58.8 Å². The maximum atomic E-state index is 12.8. The van der Waals surface area contributed by atoms with E-state index in [1.165, 1.54) is 11.3 Å². The molecule has 0 radical (unpaired) electrons. The summed E-state index contributed by atoms with van der Waals surface area (Å²) < 4.78 is 8.16. The summed E-state index contributed by atoms with van der Waals surface area (Å²) in [4.78, 5) is 18.0. The molecule has 4 aromatic rings. The minimum atomic E-state index is -0.101. The number of benzene rings is 2. The lowest BCUT2D eigenvalue weighted by molar-refractivity contribution is 0.317. The number of thiazole rings is 1. The largest absolute Gasteiger partial charge is 0.503 e. The molecule has 7 heteroatoms. The number of hydrogen-bond donors (Lipinski definition) is 1. The zero-order chi connectivity index (χ0) is 17.6. The predicted octanol–water partition coefficient (Wildman–Crippen LogP) is 3.32. The molecule has 2 heterocycles. The SMILES string of the molecule is CCOc1cc(/C=c2/sc3nc4ccccc4n3c2=O)cc(Br)c1O. The van der Waals surface area contributed by atoms with Crippen LogP contribution in [-0.2, 0) is 0 Å². The molecule has 5 nitrogen and oxygen atoms in total. The fourth-order valence-electron chi connectivity index (χ4n) is 2.71. The van der Waals surface area contributed by atoms with Gasteiger partial charge in [0.15, 0.2) is 16.5 Å².